The first kappa shape index (κ1) is 14.6. The van der Waals surface area contributed by atoms with Crippen LogP contribution in [0.4, 0.5) is 0 Å². The fraction of sp³-hybridized carbons (Fsp3) is 0.636. The smallest absolute Gasteiger partial charge is 0.246 e. The summed E-state index contributed by atoms with van der Waals surface area (Å²) in [7, 11) is 3.63. The number of aliphatic carboxylic acids is 1. The molecular formula is C11H20N2O3. The highest BCUT2D eigenvalue weighted by molar-refractivity contribution is 5.91. The van der Waals surface area contributed by atoms with Crippen molar-refractivity contribution < 1.29 is 19.2 Å². The predicted octanol–water partition coefficient (Wildman–Crippen LogP) is -1.10. The number of rotatable bonds is 7. The van der Waals surface area contributed by atoms with E-state index >= 15 is 0 Å². The molecule has 0 spiro atoms. The summed E-state index contributed by atoms with van der Waals surface area (Å²) >= 11 is 0. The van der Waals surface area contributed by atoms with Crippen LogP contribution in [0, 0.1) is 0 Å². The van der Waals surface area contributed by atoms with Crippen molar-refractivity contribution >= 4 is 11.9 Å². The standard InChI is InChI=1S/C11H20N2O3/c1-9(2)11(16)12-6-5-7-13(3,4)8-10(14)15/h1,5-8H2,2-4H3,(H-,12,14,15,16). The molecule has 0 unspecified atom stereocenters. The molecular weight excluding hydrogens is 208 g/mol. The number of carbonyl (C=O) groups is 2. The van der Waals surface area contributed by atoms with Crippen LogP contribution in [0.25, 0.3) is 0 Å². The average Bonchev–Trinajstić information content (AvgIpc) is 2.09. The topological polar surface area (TPSA) is 69.2 Å². The molecule has 0 heterocycles. The number of hydrogen-bond donors (Lipinski definition) is 1. The summed E-state index contributed by atoms with van der Waals surface area (Å²) < 4.78 is 0.352. The summed E-state index contributed by atoms with van der Waals surface area (Å²) in [4.78, 5) is 21.6. The number of likely N-dealkylation sites (N-methyl/N-ethyl adjacent to an activating group) is 1. The van der Waals surface area contributed by atoms with Crippen LogP contribution >= 0.6 is 0 Å². The van der Waals surface area contributed by atoms with E-state index in [1.54, 1.807) is 6.92 Å². The summed E-state index contributed by atoms with van der Waals surface area (Å²) in [5, 5.41) is 13.1. The Kier molecular flexibility index (Phi) is 5.74. The lowest BCUT2D eigenvalue weighted by molar-refractivity contribution is -0.884. The van der Waals surface area contributed by atoms with Gasteiger partial charge in [-0.1, -0.05) is 6.58 Å². The molecule has 0 saturated carbocycles. The summed E-state index contributed by atoms with van der Waals surface area (Å²) in [6.07, 6.45) is 0.722. The molecule has 0 fully saturated rings. The Morgan fingerprint density at radius 3 is 2.38 bits per heavy atom. The average molecular weight is 228 g/mol. The molecule has 5 heteroatoms. The molecule has 0 bridgehead atoms. The Morgan fingerprint density at radius 1 is 1.38 bits per heavy atom. The van der Waals surface area contributed by atoms with Crippen LogP contribution < -0.4 is 10.4 Å². The molecule has 1 N–H and O–H groups in total. The highest BCUT2D eigenvalue weighted by atomic mass is 16.4. The van der Waals surface area contributed by atoms with Crippen molar-refractivity contribution in [1.82, 2.24) is 5.32 Å². The van der Waals surface area contributed by atoms with E-state index in [9.17, 15) is 14.7 Å². The molecule has 0 aliphatic rings. The minimum Gasteiger partial charge on any atom is -0.544 e. The van der Waals surface area contributed by atoms with E-state index in [4.69, 9.17) is 0 Å². The van der Waals surface area contributed by atoms with Crippen molar-refractivity contribution in [2.75, 3.05) is 33.7 Å². The van der Waals surface area contributed by atoms with E-state index in [1.165, 1.54) is 0 Å². The van der Waals surface area contributed by atoms with E-state index in [0.717, 1.165) is 6.42 Å². The Morgan fingerprint density at radius 2 is 1.94 bits per heavy atom. The predicted molar refractivity (Wildman–Crippen MR) is 59.3 cm³/mol. The van der Waals surface area contributed by atoms with E-state index in [0.29, 0.717) is 23.1 Å². The molecule has 5 nitrogen and oxygen atoms in total. The van der Waals surface area contributed by atoms with Crippen molar-refractivity contribution in [3.8, 4) is 0 Å². The number of hydrogen-bond acceptors (Lipinski definition) is 3. The summed E-state index contributed by atoms with van der Waals surface area (Å²) in [6.45, 7) is 6.34. The van der Waals surface area contributed by atoms with Crippen LogP contribution in [0.3, 0.4) is 0 Å². The first-order chi connectivity index (χ1) is 7.24. The molecule has 0 radical (unpaired) electrons. The van der Waals surface area contributed by atoms with Gasteiger partial charge in [0.1, 0.15) is 6.54 Å². The summed E-state index contributed by atoms with van der Waals surface area (Å²) in [5.41, 5.74) is 0.475. The molecule has 92 valence electrons. The molecule has 1 amide bonds. The van der Waals surface area contributed by atoms with Crippen molar-refractivity contribution in [3.05, 3.63) is 12.2 Å². The molecule has 0 aromatic carbocycles. The fourth-order valence-corrected chi connectivity index (χ4v) is 1.29. The largest absolute Gasteiger partial charge is 0.544 e. The van der Waals surface area contributed by atoms with Gasteiger partial charge < -0.3 is 19.7 Å². The quantitative estimate of drug-likeness (QED) is 0.341. The van der Waals surface area contributed by atoms with Crippen LogP contribution in [0.2, 0.25) is 0 Å². The maximum Gasteiger partial charge on any atom is 0.246 e. The lowest BCUT2D eigenvalue weighted by Gasteiger charge is -2.30. The highest BCUT2D eigenvalue weighted by Crippen LogP contribution is 1.97. The van der Waals surface area contributed by atoms with E-state index in [2.05, 4.69) is 11.9 Å². The van der Waals surface area contributed by atoms with Crippen LogP contribution in [0.1, 0.15) is 13.3 Å². The van der Waals surface area contributed by atoms with Crippen LogP contribution in [0.15, 0.2) is 12.2 Å². The Labute approximate surface area is 96.3 Å². The number of nitrogens with one attached hydrogen (secondary N) is 1. The zero-order chi connectivity index (χ0) is 12.8. The van der Waals surface area contributed by atoms with Crippen molar-refractivity contribution in [3.63, 3.8) is 0 Å². The third-order valence-corrected chi connectivity index (χ3v) is 2.17. The number of carbonyl (C=O) groups excluding carboxylic acids is 2. The molecule has 16 heavy (non-hydrogen) atoms. The van der Waals surface area contributed by atoms with Gasteiger partial charge in [0.2, 0.25) is 5.91 Å². The highest BCUT2D eigenvalue weighted by Gasteiger charge is 2.14. The lowest BCUT2D eigenvalue weighted by Crippen LogP contribution is -2.49. The molecule has 0 saturated heterocycles. The molecule has 0 aliphatic carbocycles. The Bertz CT molecular complexity index is 285. The van der Waals surface area contributed by atoms with Gasteiger partial charge in [-0.3, -0.25) is 4.79 Å². The van der Waals surface area contributed by atoms with Crippen molar-refractivity contribution in [2.24, 2.45) is 0 Å². The van der Waals surface area contributed by atoms with Gasteiger partial charge in [-0.15, -0.1) is 0 Å². The first-order valence-electron chi connectivity index (χ1n) is 5.20. The van der Waals surface area contributed by atoms with Crippen LogP contribution in [-0.2, 0) is 9.59 Å². The van der Waals surface area contributed by atoms with Gasteiger partial charge in [-0.2, -0.15) is 0 Å². The van der Waals surface area contributed by atoms with Crippen molar-refractivity contribution in [1.29, 1.82) is 0 Å². The normalized spacial score (nSPS) is 10.9. The molecule has 0 aliphatic heterocycles. The van der Waals surface area contributed by atoms with Gasteiger partial charge in [0.05, 0.1) is 26.6 Å². The van der Waals surface area contributed by atoms with Gasteiger partial charge in [-0.25, -0.2) is 0 Å². The number of nitrogens with zero attached hydrogens (tertiary/aromatic N) is 1. The third-order valence-electron chi connectivity index (χ3n) is 2.17. The van der Waals surface area contributed by atoms with E-state index in [-0.39, 0.29) is 12.5 Å². The molecule has 0 rings (SSSR count). The second kappa shape index (κ2) is 6.27. The monoisotopic (exact) mass is 228 g/mol. The number of carboxylic acids is 1. The maximum absolute atomic E-state index is 11.1. The third kappa shape index (κ3) is 7.00. The number of carboxylic acid groups (broad SMARTS) is 1. The Hall–Kier alpha value is -1.36. The van der Waals surface area contributed by atoms with Crippen LogP contribution in [0.5, 0.6) is 0 Å². The van der Waals surface area contributed by atoms with E-state index in [1.807, 2.05) is 14.1 Å². The van der Waals surface area contributed by atoms with Gasteiger partial charge >= 0.3 is 0 Å². The first-order valence-corrected chi connectivity index (χ1v) is 5.20. The lowest BCUT2D eigenvalue weighted by atomic mass is 10.3. The minimum atomic E-state index is -1.06. The van der Waals surface area contributed by atoms with Crippen LogP contribution in [-0.4, -0.2) is 50.1 Å². The molecule has 0 aromatic heterocycles. The van der Waals surface area contributed by atoms with E-state index < -0.39 is 5.97 Å². The van der Waals surface area contributed by atoms with Gasteiger partial charge in [0, 0.05) is 18.5 Å². The summed E-state index contributed by atoms with van der Waals surface area (Å²) in [6, 6.07) is 0. The molecule has 0 aromatic rings. The zero-order valence-corrected chi connectivity index (χ0v) is 10.2. The number of quaternary nitrogens is 1. The second-order valence-corrected chi connectivity index (χ2v) is 4.58. The number of amides is 1. The fourth-order valence-electron chi connectivity index (χ4n) is 1.29. The van der Waals surface area contributed by atoms with Gasteiger partial charge in [0.25, 0.3) is 0 Å². The SMILES string of the molecule is C=C(C)C(=O)NCCC[N+](C)(C)CC(=O)[O-]. The maximum atomic E-state index is 11.1. The zero-order valence-electron chi connectivity index (χ0n) is 10.2. The van der Waals surface area contributed by atoms with Gasteiger partial charge in [0.15, 0.2) is 0 Å². The molecule has 0 atom stereocenters. The minimum absolute atomic E-state index is 0.0194. The van der Waals surface area contributed by atoms with Gasteiger partial charge in [-0.05, 0) is 6.92 Å². The second-order valence-electron chi connectivity index (χ2n) is 4.58. The Balaban J connectivity index is 3.77. The van der Waals surface area contributed by atoms with Crippen molar-refractivity contribution in [2.45, 2.75) is 13.3 Å². The summed E-state index contributed by atoms with van der Waals surface area (Å²) in [5.74, 6) is -1.22.